The van der Waals surface area contributed by atoms with E-state index in [9.17, 15) is 14.7 Å². The number of β-amino-alcohol motifs (C(OH)–C–C–N with tert-alkyl or cyclic N) is 1. The molecule has 1 rings (SSSR count). The quantitative estimate of drug-likeness (QED) is 0.476. The van der Waals surface area contributed by atoms with Crippen molar-refractivity contribution < 1.29 is 45.2 Å². The number of likely N-dealkylation sites (tertiary alicyclic amines) is 1. The topological polar surface area (TPSA) is 76.1 Å². The first-order valence-electron chi connectivity index (χ1n) is 5.81. The molecular weight excluding hydrogens is 422 g/mol. The minimum Gasteiger partial charge on any atom is -0.471 e. The number of carbonyl (C=O) groups is 2. The summed E-state index contributed by atoms with van der Waals surface area (Å²) >= 11 is 0. The van der Waals surface area contributed by atoms with Crippen molar-refractivity contribution in [3.8, 4) is 0 Å². The van der Waals surface area contributed by atoms with E-state index in [1.54, 1.807) is 20.8 Å². The van der Waals surface area contributed by atoms with Crippen molar-refractivity contribution in [1.29, 1.82) is 0 Å². The van der Waals surface area contributed by atoms with Crippen LogP contribution in [0.2, 0.25) is 0 Å². The van der Waals surface area contributed by atoms with Gasteiger partial charge in [0.15, 0.2) is 0 Å². The van der Waals surface area contributed by atoms with E-state index >= 15 is 0 Å². The van der Waals surface area contributed by atoms with Crippen LogP contribution in [0.15, 0.2) is 0 Å². The summed E-state index contributed by atoms with van der Waals surface area (Å²) in [4.78, 5) is 24.6. The molecule has 0 aliphatic carbocycles. The molecule has 0 aromatic carbocycles. The maximum atomic E-state index is 11.8. The van der Waals surface area contributed by atoms with Crippen molar-refractivity contribution in [3.05, 3.63) is 6.42 Å². The zero-order valence-corrected chi connectivity index (χ0v) is 14.5. The Hall–Kier alpha value is -0.612. The van der Waals surface area contributed by atoms with Crippen LogP contribution in [0.5, 0.6) is 0 Å². The minimum absolute atomic E-state index is 0. The third-order valence-electron chi connectivity index (χ3n) is 2.43. The van der Waals surface area contributed by atoms with Gasteiger partial charge in [-0.1, -0.05) is 0 Å². The summed E-state index contributed by atoms with van der Waals surface area (Å²) in [6.07, 6.45) is 0.0890. The largest absolute Gasteiger partial charge is 0.471 e. The molecule has 0 aromatic heterocycles. The van der Waals surface area contributed by atoms with E-state index < -0.39 is 29.7 Å². The molecule has 110 valence electrons. The zero-order chi connectivity index (χ0) is 13.9. The maximum Gasteiger partial charge on any atom is 0.410 e. The van der Waals surface area contributed by atoms with Gasteiger partial charge in [0.05, 0.1) is 7.11 Å². The molecule has 1 aliphatic rings. The van der Waals surface area contributed by atoms with Crippen LogP contribution in [0.3, 0.4) is 0 Å². The summed E-state index contributed by atoms with van der Waals surface area (Å²) in [6.45, 7) is 5.57. The number of rotatable bonds is 1. The van der Waals surface area contributed by atoms with Gasteiger partial charge in [0.25, 0.3) is 5.97 Å². The molecule has 6 nitrogen and oxygen atoms in total. The molecule has 1 heterocycles. The summed E-state index contributed by atoms with van der Waals surface area (Å²) in [6, 6.07) is 0. The molecule has 0 spiro atoms. The molecule has 0 bridgehead atoms. The van der Waals surface area contributed by atoms with Gasteiger partial charge in [0.1, 0.15) is 5.60 Å². The van der Waals surface area contributed by atoms with Gasteiger partial charge in [0, 0.05) is 34.2 Å². The van der Waals surface area contributed by atoms with Gasteiger partial charge in [-0.25, -0.2) is 4.79 Å². The Balaban J connectivity index is 0.00000324. The summed E-state index contributed by atoms with van der Waals surface area (Å²) in [5.41, 5.74) is -0.607. The van der Waals surface area contributed by atoms with Crippen LogP contribution in [-0.4, -0.2) is 54.0 Å². The third kappa shape index (κ3) is 5.91. The van der Waals surface area contributed by atoms with Gasteiger partial charge >= 0.3 is 6.09 Å². The first-order chi connectivity index (χ1) is 8.23. The molecule has 0 saturated carbocycles. The van der Waals surface area contributed by atoms with Gasteiger partial charge in [-0.05, 0) is 32.8 Å². The Morgan fingerprint density at radius 3 is 2.37 bits per heavy atom. The summed E-state index contributed by atoms with van der Waals surface area (Å²) < 4.78 is 9.80. The molecule has 19 heavy (non-hydrogen) atoms. The van der Waals surface area contributed by atoms with Crippen LogP contribution in [0.4, 0.5) is 4.79 Å². The second-order valence-corrected chi connectivity index (χ2v) is 5.27. The molecule has 1 N–H and O–H groups in total. The van der Waals surface area contributed by atoms with Gasteiger partial charge in [-0.15, -0.1) is 0 Å². The minimum atomic E-state index is -0.852. The number of carbonyl (C=O) groups excluding carboxylic acids is 2. The number of hydrogen-bond donors (Lipinski definition) is 1. The molecule has 0 radical (unpaired) electrons. The van der Waals surface area contributed by atoms with E-state index in [0.29, 0.717) is 0 Å². The van der Waals surface area contributed by atoms with Crippen LogP contribution in [0.25, 0.3) is 0 Å². The summed E-state index contributed by atoms with van der Waals surface area (Å²) in [5.74, 6) is -1.09. The monoisotopic (exact) mass is 442 g/mol. The molecule has 1 aliphatic heterocycles. The van der Waals surface area contributed by atoms with E-state index in [1.807, 2.05) is 0 Å². The van der Waals surface area contributed by atoms with Gasteiger partial charge in [0.2, 0.25) is 0 Å². The normalized spacial score (nSPS) is 23.3. The van der Waals surface area contributed by atoms with Crippen LogP contribution in [-0.2, 0) is 35.3 Å². The van der Waals surface area contributed by atoms with E-state index in [1.165, 1.54) is 18.4 Å². The number of methoxy groups -OCH3 is 1. The SMILES string of the molecule is COC(=O)[C@@H]1[CH-][C@H](O)CN(C(=O)OC(C)(C)C)C1.[W]. The fraction of sp³-hybridized carbons (Fsp3) is 0.750. The van der Waals surface area contributed by atoms with Gasteiger partial charge in [-0.2, -0.15) is 0 Å². The molecule has 0 unspecified atom stereocenters. The number of ether oxygens (including phenoxy) is 2. The Morgan fingerprint density at radius 1 is 1.32 bits per heavy atom. The molecule has 0 aromatic rings. The maximum absolute atomic E-state index is 11.8. The summed E-state index contributed by atoms with van der Waals surface area (Å²) in [5, 5.41) is 9.63. The standard InChI is InChI=1S/C12H20NO5.W/c1-12(2,3)18-11(16)13-6-8(10(15)17-4)5-9(14)7-13;/h5,8-9,14H,6-7H2,1-4H3;/q-1;/t8-,9+;/m1./s1. The first-order valence-corrected chi connectivity index (χ1v) is 5.81. The fourth-order valence-electron chi connectivity index (χ4n) is 1.71. The fourth-order valence-corrected chi connectivity index (χ4v) is 1.71. The molecule has 7 heteroatoms. The smallest absolute Gasteiger partial charge is 0.410 e. The number of nitrogens with zero attached hydrogens (tertiary/aromatic N) is 1. The van der Waals surface area contributed by atoms with Crippen molar-refractivity contribution in [2.45, 2.75) is 32.5 Å². The predicted octanol–water partition coefficient (Wildman–Crippen LogP) is 0.589. The van der Waals surface area contributed by atoms with E-state index in [4.69, 9.17) is 4.74 Å². The van der Waals surface area contributed by atoms with Crippen molar-refractivity contribution in [2.75, 3.05) is 20.2 Å². The number of hydrogen-bond acceptors (Lipinski definition) is 5. The van der Waals surface area contributed by atoms with Gasteiger partial charge < -0.3 is 19.5 Å². The van der Waals surface area contributed by atoms with Crippen LogP contribution in [0.1, 0.15) is 20.8 Å². The molecule has 1 saturated heterocycles. The van der Waals surface area contributed by atoms with Crippen LogP contribution in [0, 0.1) is 12.3 Å². The van der Waals surface area contributed by atoms with Crippen molar-refractivity contribution >= 4 is 12.1 Å². The van der Waals surface area contributed by atoms with Crippen molar-refractivity contribution in [2.24, 2.45) is 5.92 Å². The molecular formula is C12H20NO5W-. The van der Waals surface area contributed by atoms with Crippen molar-refractivity contribution in [3.63, 3.8) is 0 Å². The Kier molecular flexibility index (Phi) is 7.01. The molecule has 1 fully saturated rings. The average Bonchev–Trinajstić information content (AvgIpc) is 2.24. The van der Waals surface area contributed by atoms with Crippen LogP contribution < -0.4 is 0 Å². The van der Waals surface area contributed by atoms with E-state index in [-0.39, 0.29) is 34.2 Å². The molecule has 1 amide bonds. The first kappa shape index (κ1) is 18.4. The Labute approximate surface area is 127 Å². The number of piperidine rings is 1. The number of esters is 1. The second-order valence-electron chi connectivity index (χ2n) is 5.27. The number of aliphatic hydroxyl groups excluding tert-OH is 1. The Bertz CT molecular complexity index is 329. The van der Waals surface area contributed by atoms with Gasteiger partial charge in [-0.3, -0.25) is 11.2 Å². The number of amides is 1. The number of aliphatic hydroxyl groups is 1. The zero-order valence-electron chi connectivity index (χ0n) is 11.6. The predicted molar refractivity (Wildman–Crippen MR) is 63.6 cm³/mol. The second kappa shape index (κ2) is 7.25. The summed E-state index contributed by atoms with van der Waals surface area (Å²) in [7, 11) is 1.27. The molecule has 2 atom stereocenters. The van der Waals surface area contributed by atoms with E-state index in [2.05, 4.69) is 4.74 Å². The van der Waals surface area contributed by atoms with E-state index in [0.717, 1.165) is 0 Å². The average molecular weight is 442 g/mol. The third-order valence-corrected chi connectivity index (χ3v) is 2.43. The van der Waals surface area contributed by atoms with Crippen molar-refractivity contribution in [1.82, 2.24) is 4.90 Å². The van der Waals surface area contributed by atoms with Crippen LogP contribution >= 0.6 is 0 Å². The Morgan fingerprint density at radius 2 is 1.89 bits per heavy atom.